The Morgan fingerprint density at radius 1 is 0.882 bits per heavy atom. The third kappa shape index (κ3) is 1.02. The highest BCUT2D eigenvalue weighted by atomic mass is 14.9. The van der Waals surface area contributed by atoms with Crippen LogP contribution >= 0.6 is 0 Å². The topological polar surface area (TPSA) is 63.2 Å². The van der Waals surface area contributed by atoms with Gasteiger partial charge in [0.1, 0.15) is 0 Å². The molecule has 0 aromatic carbocycles. The molecule has 0 aliphatic carbocycles. The van der Waals surface area contributed by atoms with E-state index in [1.807, 2.05) is 6.20 Å². The van der Waals surface area contributed by atoms with Crippen LogP contribution in [-0.2, 0) is 0 Å². The lowest BCUT2D eigenvalue weighted by atomic mass is 10.1. The van der Waals surface area contributed by atoms with Gasteiger partial charge in [0, 0.05) is 11.9 Å². The van der Waals surface area contributed by atoms with Gasteiger partial charge in [0.05, 0.1) is 33.1 Å². The summed E-state index contributed by atoms with van der Waals surface area (Å²) in [5, 5.41) is 0. The maximum Gasteiger partial charge on any atom is 0.0907 e. The monoisotopic (exact) mass is 226 g/mol. The van der Waals surface area contributed by atoms with Crippen LogP contribution < -0.4 is 0 Å². The first-order chi connectivity index (χ1) is 8.24. The zero-order valence-corrected chi connectivity index (χ0v) is 9.81. The molecule has 0 unspecified atom stereocenters. The van der Waals surface area contributed by atoms with E-state index in [0.717, 1.165) is 22.1 Å². The quantitative estimate of drug-likeness (QED) is 0.383. The van der Waals surface area contributed by atoms with Gasteiger partial charge in [-0.3, -0.25) is 0 Å². The number of nitrogens with one attached hydrogen (secondary N) is 4. The Balaban J connectivity index is 2.15. The Bertz CT molecular complexity index is 822. The fourth-order valence-electron chi connectivity index (χ4n) is 2.53. The Morgan fingerprint density at radius 2 is 1.65 bits per heavy atom. The molecule has 86 valence electrons. The van der Waals surface area contributed by atoms with Crippen LogP contribution in [0.5, 0.6) is 0 Å². The molecular formula is C13H14N4. The highest BCUT2D eigenvalue weighted by Gasteiger charge is 2.14. The lowest BCUT2D eigenvalue weighted by Crippen LogP contribution is -1.85. The lowest BCUT2D eigenvalue weighted by molar-refractivity contribution is 0.836. The molecule has 0 aliphatic heterocycles. The largest absolute Gasteiger partial charge is 0.358 e. The molecule has 0 saturated heterocycles. The summed E-state index contributed by atoms with van der Waals surface area (Å²) in [5.74, 6) is 0.519. The van der Waals surface area contributed by atoms with Gasteiger partial charge in [-0.1, -0.05) is 13.8 Å². The third-order valence-electron chi connectivity index (χ3n) is 3.48. The van der Waals surface area contributed by atoms with Crippen molar-refractivity contribution < 1.29 is 0 Å². The number of hydrogen-bond donors (Lipinski definition) is 4. The first-order valence-electron chi connectivity index (χ1n) is 5.93. The molecule has 0 aliphatic rings. The number of H-pyrrole nitrogens is 4. The number of rotatable bonds is 1. The van der Waals surface area contributed by atoms with Crippen LogP contribution in [0.25, 0.3) is 33.1 Å². The molecule has 4 rings (SSSR count). The molecule has 0 fully saturated rings. The molecule has 0 spiro atoms. The summed E-state index contributed by atoms with van der Waals surface area (Å²) in [6.45, 7) is 4.39. The summed E-state index contributed by atoms with van der Waals surface area (Å²) in [6.07, 6.45) is 1.95. The van der Waals surface area contributed by atoms with Gasteiger partial charge in [-0.05, 0) is 18.1 Å². The Hall–Kier alpha value is -2.10. The highest BCUT2D eigenvalue weighted by molar-refractivity contribution is 6.14. The Kier molecular flexibility index (Phi) is 1.46. The van der Waals surface area contributed by atoms with E-state index in [1.54, 1.807) is 0 Å². The van der Waals surface area contributed by atoms with Crippen LogP contribution in [0, 0.1) is 0 Å². The standard InChI is InChI=1S/C13H14N4/c1-6(2)8-5-9-11(16-8)13-12(17-9)10-7(15-13)3-4-14-10/h3-6,14-17H,1-2H3. The molecule has 4 N–H and O–H groups in total. The summed E-state index contributed by atoms with van der Waals surface area (Å²) in [7, 11) is 0. The predicted molar refractivity (Wildman–Crippen MR) is 70.5 cm³/mol. The van der Waals surface area contributed by atoms with E-state index in [2.05, 4.69) is 45.9 Å². The second-order valence-electron chi connectivity index (χ2n) is 4.93. The van der Waals surface area contributed by atoms with Gasteiger partial charge >= 0.3 is 0 Å². The van der Waals surface area contributed by atoms with Crippen molar-refractivity contribution in [2.24, 2.45) is 0 Å². The van der Waals surface area contributed by atoms with Crippen molar-refractivity contribution in [1.82, 2.24) is 19.9 Å². The second kappa shape index (κ2) is 2.77. The fraction of sp³-hybridized carbons (Fsp3) is 0.231. The van der Waals surface area contributed by atoms with Gasteiger partial charge in [0.15, 0.2) is 0 Å². The molecule has 4 heterocycles. The minimum atomic E-state index is 0.519. The van der Waals surface area contributed by atoms with Gasteiger partial charge < -0.3 is 19.9 Å². The molecule has 4 aromatic heterocycles. The molecule has 0 atom stereocenters. The van der Waals surface area contributed by atoms with Crippen LogP contribution in [-0.4, -0.2) is 19.9 Å². The molecule has 17 heavy (non-hydrogen) atoms. The van der Waals surface area contributed by atoms with Crippen molar-refractivity contribution in [2.75, 3.05) is 0 Å². The Labute approximate surface area is 97.4 Å². The summed E-state index contributed by atoms with van der Waals surface area (Å²) >= 11 is 0. The molecule has 0 saturated carbocycles. The third-order valence-corrected chi connectivity index (χ3v) is 3.48. The van der Waals surface area contributed by atoms with Crippen molar-refractivity contribution in [1.29, 1.82) is 0 Å². The average molecular weight is 226 g/mol. The number of fused-ring (bicyclic) bond motifs is 5. The van der Waals surface area contributed by atoms with Crippen LogP contribution in [0.4, 0.5) is 0 Å². The highest BCUT2D eigenvalue weighted by Crippen LogP contribution is 2.31. The van der Waals surface area contributed by atoms with E-state index in [0.29, 0.717) is 5.92 Å². The first-order valence-corrected chi connectivity index (χ1v) is 5.93. The summed E-state index contributed by atoms with van der Waals surface area (Å²) in [6, 6.07) is 4.25. The van der Waals surface area contributed by atoms with Crippen LogP contribution in [0.3, 0.4) is 0 Å². The maximum atomic E-state index is 3.49. The van der Waals surface area contributed by atoms with Gasteiger partial charge in [-0.25, -0.2) is 0 Å². The van der Waals surface area contributed by atoms with Crippen molar-refractivity contribution >= 4 is 33.1 Å². The number of aromatic nitrogens is 4. The molecule has 0 amide bonds. The van der Waals surface area contributed by atoms with Gasteiger partial charge in [0.2, 0.25) is 0 Å². The van der Waals surface area contributed by atoms with E-state index in [9.17, 15) is 0 Å². The van der Waals surface area contributed by atoms with Crippen LogP contribution in [0.2, 0.25) is 0 Å². The van der Waals surface area contributed by atoms with Crippen molar-refractivity contribution in [2.45, 2.75) is 19.8 Å². The summed E-state index contributed by atoms with van der Waals surface area (Å²) in [5.41, 5.74) is 8.23. The zero-order valence-electron chi connectivity index (χ0n) is 9.81. The van der Waals surface area contributed by atoms with Gasteiger partial charge in [-0.2, -0.15) is 0 Å². The second-order valence-corrected chi connectivity index (χ2v) is 4.93. The zero-order chi connectivity index (χ0) is 11.6. The Morgan fingerprint density at radius 3 is 2.47 bits per heavy atom. The molecule has 4 aromatic rings. The molecule has 4 heteroatoms. The minimum Gasteiger partial charge on any atom is -0.358 e. The summed E-state index contributed by atoms with van der Waals surface area (Å²) in [4.78, 5) is 13.7. The smallest absolute Gasteiger partial charge is 0.0907 e. The van der Waals surface area contributed by atoms with Crippen LogP contribution in [0.15, 0.2) is 18.3 Å². The van der Waals surface area contributed by atoms with E-state index in [4.69, 9.17) is 0 Å². The van der Waals surface area contributed by atoms with Crippen LogP contribution in [0.1, 0.15) is 25.5 Å². The van der Waals surface area contributed by atoms with Gasteiger partial charge in [-0.15, -0.1) is 0 Å². The van der Waals surface area contributed by atoms with Crippen molar-refractivity contribution in [3.8, 4) is 0 Å². The SMILES string of the molecule is CC(C)c1cc2[nH]c3c4[nH]ccc4[nH]c3c2[nH]1. The lowest BCUT2D eigenvalue weighted by Gasteiger charge is -1.98. The first kappa shape index (κ1) is 8.98. The maximum absolute atomic E-state index is 3.49. The van der Waals surface area contributed by atoms with E-state index < -0.39 is 0 Å². The molecule has 0 bridgehead atoms. The van der Waals surface area contributed by atoms with E-state index in [-0.39, 0.29) is 0 Å². The number of aromatic amines is 4. The minimum absolute atomic E-state index is 0.519. The number of hydrogen-bond acceptors (Lipinski definition) is 0. The molecular weight excluding hydrogens is 212 g/mol. The molecule has 4 nitrogen and oxygen atoms in total. The molecule has 0 radical (unpaired) electrons. The fourth-order valence-corrected chi connectivity index (χ4v) is 2.53. The van der Waals surface area contributed by atoms with Crippen molar-refractivity contribution in [3.05, 3.63) is 24.0 Å². The normalized spacial score (nSPS) is 12.6. The van der Waals surface area contributed by atoms with Gasteiger partial charge in [0.25, 0.3) is 0 Å². The summed E-state index contributed by atoms with van der Waals surface area (Å²) < 4.78 is 0. The average Bonchev–Trinajstić information content (AvgIpc) is 2.93. The van der Waals surface area contributed by atoms with Crippen molar-refractivity contribution in [3.63, 3.8) is 0 Å². The predicted octanol–water partition coefficient (Wildman–Crippen LogP) is 3.58. The van der Waals surface area contributed by atoms with E-state index in [1.165, 1.54) is 16.7 Å². The van der Waals surface area contributed by atoms with E-state index >= 15 is 0 Å².